The highest BCUT2D eigenvalue weighted by molar-refractivity contribution is 6.10. The number of H-pyrrole nitrogens is 1. The van der Waals surface area contributed by atoms with Gasteiger partial charge in [0.2, 0.25) is 0 Å². The van der Waals surface area contributed by atoms with Crippen molar-refractivity contribution in [2.45, 2.75) is 12.1 Å². The van der Waals surface area contributed by atoms with Crippen molar-refractivity contribution >= 4 is 16.7 Å². The number of ketones is 1. The third kappa shape index (κ3) is 3.79. The zero-order valence-corrected chi connectivity index (χ0v) is 16.8. The predicted octanol–water partition coefficient (Wildman–Crippen LogP) is 2.71. The van der Waals surface area contributed by atoms with Gasteiger partial charge in [-0.05, 0) is 19.2 Å². The Morgan fingerprint density at radius 2 is 1.76 bits per heavy atom. The van der Waals surface area contributed by atoms with Gasteiger partial charge in [0.1, 0.15) is 11.9 Å². The number of aliphatic hydroxyl groups excluding tert-OH is 1. The number of rotatable bonds is 6. The normalized spacial score (nSPS) is 17.9. The molecule has 0 bridgehead atoms. The van der Waals surface area contributed by atoms with Gasteiger partial charge in [0.25, 0.3) is 0 Å². The largest absolute Gasteiger partial charge is 0.496 e. The fourth-order valence-electron chi connectivity index (χ4n) is 4.16. The van der Waals surface area contributed by atoms with E-state index in [-0.39, 0.29) is 5.78 Å². The lowest BCUT2D eigenvalue weighted by atomic mass is 9.92. The molecule has 2 N–H and O–H groups in total. The number of hydrogen-bond acceptors (Lipinski definition) is 5. The molecule has 0 saturated carbocycles. The zero-order valence-electron chi connectivity index (χ0n) is 16.8. The molecular formula is C23H27N3O3. The number of carbonyl (C=O) groups excluding carboxylic acids is 1. The second kappa shape index (κ2) is 8.37. The molecule has 1 aliphatic heterocycles. The lowest BCUT2D eigenvalue weighted by molar-refractivity contribution is 0.0220. The number of likely N-dealkylation sites (N-methyl/N-ethyl adjacent to an activating group) is 1. The molecule has 2 aromatic carbocycles. The van der Waals surface area contributed by atoms with Crippen molar-refractivity contribution in [2.75, 3.05) is 40.3 Å². The minimum absolute atomic E-state index is 0.280. The van der Waals surface area contributed by atoms with E-state index in [1.165, 1.54) is 0 Å². The van der Waals surface area contributed by atoms with Gasteiger partial charge in [-0.15, -0.1) is 0 Å². The summed E-state index contributed by atoms with van der Waals surface area (Å²) in [4.78, 5) is 21.0. The Morgan fingerprint density at radius 1 is 1.07 bits per heavy atom. The van der Waals surface area contributed by atoms with Crippen molar-refractivity contribution in [3.8, 4) is 5.75 Å². The Hall–Kier alpha value is -2.67. The van der Waals surface area contributed by atoms with E-state index in [2.05, 4.69) is 21.8 Å². The zero-order chi connectivity index (χ0) is 20.4. The summed E-state index contributed by atoms with van der Waals surface area (Å²) in [5.41, 5.74) is 2.24. The van der Waals surface area contributed by atoms with Gasteiger partial charge < -0.3 is 19.7 Å². The fraction of sp³-hybridized carbons (Fsp3) is 0.348. The number of methoxy groups -OCH3 is 1. The molecule has 6 nitrogen and oxygen atoms in total. The maximum atomic E-state index is 13.4. The van der Waals surface area contributed by atoms with Crippen LogP contribution in [0.15, 0.2) is 54.7 Å². The van der Waals surface area contributed by atoms with Crippen LogP contribution in [0.2, 0.25) is 0 Å². The predicted molar refractivity (Wildman–Crippen MR) is 113 cm³/mol. The van der Waals surface area contributed by atoms with Gasteiger partial charge >= 0.3 is 0 Å². The summed E-state index contributed by atoms with van der Waals surface area (Å²) in [6.45, 7) is 3.33. The minimum Gasteiger partial charge on any atom is -0.496 e. The summed E-state index contributed by atoms with van der Waals surface area (Å²) in [5, 5.41) is 12.2. The van der Waals surface area contributed by atoms with E-state index in [1.54, 1.807) is 13.3 Å². The Labute approximate surface area is 170 Å². The number of hydrogen-bond donors (Lipinski definition) is 2. The van der Waals surface area contributed by atoms with Crippen molar-refractivity contribution < 1.29 is 14.6 Å². The molecule has 1 fully saturated rings. The molecule has 4 rings (SSSR count). The van der Waals surface area contributed by atoms with E-state index in [9.17, 15) is 9.90 Å². The van der Waals surface area contributed by atoms with Crippen LogP contribution in [0.25, 0.3) is 10.9 Å². The molecule has 2 atom stereocenters. The van der Waals surface area contributed by atoms with Crippen molar-refractivity contribution in [1.29, 1.82) is 0 Å². The third-order valence-electron chi connectivity index (χ3n) is 5.81. The molecule has 29 heavy (non-hydrogen) atoms. The van der Waals surface area contributed by atoms with E-state index in [1.807, 2.05) is 48.5 Å². The maximum Gasteiger partial charge on any atom is 0.195 e. The van der Waals surface area contributed by atoms with E-state index in [4.69, 9.17) is 4.74 Å². The van der Waals surface area contributed by atoms with Gasteiger partial charge in [-0.1, -0.05) is 36.4 Å². The molecule has 0 aliphatic carbocycles. The van der Waals surface area contributed by atoms with Crippen LogP contribution in [0.4, 0.5) is 0 Å². The van der Waals surface area contributed by atoms with Crippen LogP contribution in [0.1, 0.15) is 22.0 Å². The number of ether oxygens (including phenoxy) is 1. The van der Waals surface area contributed by atoms with Crippen LogP contribution in [0.5, 0.6) is 5.75 Å². The number of aromatic nitrogens is 1. The summed E-state index contributed by atoms with van der Waals surface area (Å²) in [6, 6.07) is 14.8. The SMILES string of the molecule is COc1ccccc1C(C(O)C(=O)c1c[nH]c2ccccc12)N1CCN(C)CC1. The molecule has 1 aliphatic rings. The van der Waals surface area contributed by atoms with E-state index in [0.29, 0.717) is 11.3 Å². The molecule has 1 aromatic heterocycles. The van der Waals surface area contributed by atoms with Gasteiger partial charge in [0.05, 0.1) is 13.2 Å². The minimum atomic E-state index is -1.20. The van der Waals surface area contributed by atoms with Gasteiger partial charge in [-0.2, -0.15) is 0 Å². The smallest absolute Gasteiger partial charge is 0.195 e. The Balaban J connectivity index is 1.72. The van der Waals surface area contributed by atoms with Crippen molar-refractivity contribution in [3.05, 3.63) is 65.9 Å². The molecular weight excluding hydrogens is 366 g/mol. The second-order valence-electron chi connectivity index (χ2n) is 7.58. The molecule has 3 aromatic rings. The van der Waals surface area contributed by atoms with Gasteiger partial charge in [0, 0.05) is 54.4 Å². The highest BCUT2D eigenvalue weighted by atomic mass is 16.5. The first kappa shape index (κ1) is 19.6. The van der Waals surface area contributed by atoms with Crippen LogP contribution in [-0.4, -0.2) is 72.1 Å². The first-order valence-corrected chi connectivity index (χ1v) is 9.94. The van der Waals surface area contributed by atoms with Gasteiger partial charge in [-0.3, -0.25) is 9.69 Å². The summed E-state index contributed by atoms with van der Waals surface area (Å²) in [7, 11) is 3.71. The number of benzene rings is 2. The molecule has 2 heterocycles. The van der Waals surface area contributed by atoms with Crippen molar-refractivity contribution in [3.63, 3.8) is 0 Å². The first-order valence-electron chi connectivity index (χ1n) is 9.94. The number of aromatic amines is 1. The Bertz CT molecular complexity index is 992. The van der Waals surface area contributed by atoms with Gasteiger partial charge in [-0.25, -0.2) is 0 Å². The molecule has 6 heteroatoms. The monoisotopic (exact) mass is 393 g/mol. The number of para-hydroxylation sites is 2. The number of nitrogens with one attached hydrogen (secondary N) is 1. The number of Topliss-reactive ketones (excluding diaryl/α,β-unsaturated/α-hetero) is 1. The number of aliphatic hydroxyl groups is 1. The lowest BCUT2D eigenvalue weighted by Gasteiger charge is -2.40. The third-order valence-corrected chi connectivity index (χ3v) is 5.81. The average Bonchev–Trinajstić information content (AvgIpc) is 3.19. The standard InChI is InChI=1S/C23H27N3O3/c1-25-11-13-26(14-12-25)21(17-8-4-6-10-20(17)29-2)23(28)22(27)18-15-24-19-9-5-3-7-16(18)19/h3-10,15,21,23-24,28H,11-14H2,1-2H3. The average molecular weight is 393 g/mol. The van der Waals surface area contributed by atoms with E-state index >= 15 is 0 Å². The van der Waals surface area contributed by atoms with Gasteiger partial charge in [0.15, 0.2) is 5.78 Å². The fourth-order valence-corrected chi connectivity index (χ4v) is 4.16. The highest BCUT2D eigenvalue weighted by Crippen LogP contribution is 2.34. The van der Waals surface area contributed by atoms with Crippen LogP contribution >= 0.6 is 0 Å². The number of carbonyl (C=O) groups is 1. The molecule has 152 valence electrons. The lowest BCUT2D eigenvalue weighted by Crippen LogP contribution is -2.50. The Morgan fingerprint density at radius 3 is 2.52 bits per heavy atom. The summed E-state index contributed by atoms with van der Waals surface area (Å²) in [6.07, 6.45) is 0.494. The molecule has 0 amide bonds. The van der Waals surface area contributed by atoms with Crippen LogP contribution < -0.4 is 4.74 Å². The quantitative estimate of drug-likeness (QED) is 0.631. The van der Waals surface area contributed by atoms with Crippen molar-refractivity contribution in [2.24, 2.45) is 0 Å². The van der Waals surface area contributed by atoms with Crippen molar-refractivity contribution in [1.82, 2.24) is 14.8 Å². The summed E-state index contributed by atoms with van der Waals surface area (Å²) in [5.74, 6) is 0.402. The number of nitrogens with zero attached hydrogens (tertiary/aromatic N) is 2. The molecule has 1 saturated heterocycles. The highest BCUT2D eigenvalue weighted by Gasteiger charge is 2.36. The van der Waals surface area contributed by atoms with E-state index in [0.717, 1.165) is 42.6 Å². The number of fused-ring (bicyclic) bond motifs is 1. The summed E-state index contributed by atoms with van der Waals surface area (Å²) < 4.78 is 5.56. The first-order chi connectivity index (χ1) is 14.1. The van der Waals surface area contributed by atoms with Crippen LogP contribution in [0, 0.1) is 0 Å². The number of piperazine rings is 1. The van der Waals surface area contributed by atoms with Crippen LogP contribution in [0.3, 0.4) is 0 Å². The molecule has 0 spiro atoms. The van der Waals surface area contributed by atoms with Crippen LogP contribution in [-0.2, 0) is 0 Å². The summed E-state index contributed by atoms with van der Waals surface area (Å²) >= 11 is 0. The molecule has 2 unspecified atom stereocenters. The molecule has 0 radical (unpaired) electrons. The second-order valence-corrected chi connectivity index (χ2v) is 7.58. The Kier molecular flexibility index (Phi) is 5.67. The van der Waals surface area contributed by atoms with E-state index < -0.39 is 12.1 Å². The maximum absolute atomic E-state index is 13.4. The topological polar surface area (TPSA) is 68.8 Å².